The van der Waals surface area contributed by atoms with Gasteiger partial charge in [-0.05, 0) is 116 Å². The maximum absolute atomic E-state index is 13.5. The Morgan fingerprint density at radius 2 is 0.828 bits per heavy atom. The smallest absolute Gasteiger partial charge is 0.306 e. The lowest BCUT2D eigenvalue weighted by molar-refractivity contribution is -0.305. The van der Waals surface area contributed by atoms with Crippen LogP contribution in [-0.4, -0.2) is 99.6 Å². The minimum absolute atomic E-state index is 0.0994. The molecule has 1 heterocycles. The Kier molecular flexibility index (Phi) is 58.0. The number of carbonyl (C=O) groups is 2. The van der Waals surface area contributed by atoms with Gasteiger partial charge in [0.25, 0.3) is 0 Å². The summed E-state index contributed by atoms with van der Waals surface area (Å²) in [4.78, 5) is 26.7. The SMILES string of the molecule is CC/C=C\C/C=C\C/C=C\C/C=C\C/C=C\C/C=C\CCCCCCCCC(=O)OC1C(OCC(NC(=O)C(O)CCCCCCCCCCC/C=C\C/C=C\C/C=C\CCCCC)C(O)/C=C/CCCCCCCCCCC)OC(CO)C(O)C1O. The summed E-state index contributed by atoms with van der Waals surface area (Å²) in [7, 11) is 0. The molecule has 1 aliphatic heterocycles. The van der Waals surface area contributed by atoms with Crippen molar-refractivity contribution >= 4 is 11.9 Å². The molecule has 1 aliphatic rings. The Hall–Kier alpha value is -3.94. The number of nitrogens with one attached hydrogen (secondary N) is 1. The Bertz CT molecular complexity index is 1880. The lowest BCUT2D eigenvalue weighted by Gasteiger charge is -2.41. The summed E-state index contributed by atoms with van der Waals surface area (Å²) in [5.74, 6) is -1.22. The molecule has 11 heteroatoms. The van der Waals surface area contributed by atoms with Crippen LogP contribution in [0.3, 0.4) is 0 Å². The zero-order valence-corrected chi connectivity index (χ0v) is 55.3. The molecular weight excluding hydrogens is 1090 g/mol. The van der Waals surface area contributed by atoms with Gasteiger partial charge in [-0.15, -0.1) is 0 Å². The highest BCUT2D eigenvalue weighted by Crippen LogP contribution is 2.26. The number of carbonyl (C=O) groups excluding carboxylic acids is 2. The van der Waals surface area contributed by atoms with Crippen molar-refractivity contribution in [3.8, 4) is 0 Å². The van der Waals surface area contributed by atoms with Crippen LogP contribution in [0, 0.1) is 0 Å². The number of aliphatic hydroxyl groups excluding tert-OH is 5. The van der Waals surface area contributed by atoms with Crippen molar-refractivity contribution in [1.82, 2.24) is 5.32 Å². The van der Waals surface area contributed by atoms with E-state index in [2.05, 4.69) is 135 Å². The van der Waals surface area contributed by atoms with Crippen molar-refractivity contribution < 1.29 is 49.3 Å². The first kappa shape index (κ1) is 81.1. The number of hydrogen-bond acceptors (Lipinski definition) is 10. The van der Waals surface area contributed by atoms with Gasteiger partial charge in [-0.1, -0.05) is 284 Å². The van der Waals surface area contributed by atoms with Crippen molar-refractivity contribution in [3.05, 3.63) is 122 Å². The van der Waals surface area contributed by atoms with E-state index in [4.69, 9.17) is 14.2 Å². The standard InChI is InChI=1S/C76H129NO10/c1-4-7-10-13-16-19-22-24-26-28-30-32-34-35-36-38-40-42-44-46-49-52-55-58-61-64-71(81)87-74-73(83)72(82)70(65-78)86-76(74)85-66-67(68(79)62-59-56-53-50-47-21-18-15-12-9-6-3)77-75(84)69(80)63-60-57-54-51-48-45-43-41-39-37-33-31-29-27-25-23-20-17-14-11-8-5-2/h7,10,16-17,19-20,24-27,30-33,35-36,40,42,59,62,67-70,72-74,76,78-80,82-83H,4-6,8-9,11-15,18,21-23,28-29,34,37-39,41,43-58,60-61,63-66H2,1-3H3,(H,77,84)/b10-7-,19-16-,20-17-,26-24-,27-25-,32-30-,33-31-,36-35-,42-40-,62-59+. The number of allylic oxidation sites excluding steroid dienone is 19. The summed E-state index contributed by atoms with van der Waals surface area (Å²) in [6.07, 6.45) is 76.6. The van der Waals surface area contributed by atoms with Crippen molar-refractivity contribution in [2.75, 3.05) is 13.2 Å². The number of unbranched alkanes of at least 4 members (excludes halogenated alkanes) is 27. The summed E-state index contributed by atoms with van der Waals surface area (Å²) in [6.45, 7) is 5.64. The van der Waals surface area contributed by atoms with Crippen LogP contribution in [0.2, 0.25) is 0 Å². The highest BCUT2D eigenvalue weighted by atomic mass is 16.7. The fraction of sp³-hybridized carbons (Fsp3) is 0.711. The predicted octanol–water partition coefficient (Wildman–Crippen LogP) is 18.2. The van der Waals surface area contributed by atoms with Crippen LogP contribution >= 0.6 is 0 Å². The maximum atomic E-state index is 13.5. The van der Waals surface area contributed by atoms with E-state index in [9.17, 15) is 35.1 Å². The van der Waals surface area contributed by atoms with Crippen LogP contribution < -0.4 is 5.32 Å². The van der Waals surface area contributed by atoms with Crippen molar-refractivity contribution in [1.29, 1.82) is 0 Å². The fourth-order valence-corrected chi connectivity index (χ4v) is 10.3. The van der Waals surface area contributed by atoms with E-state index in [0.717, 1.165) is 141 Å². The monoisotopic (exact) mass is 1220 g/mol. The van der Waals surface area contributed by atoms with Gasteiger partial charge >= 0.3 is 5.97 Å². The first-order valence-corrected chi connectivity index (χ1v) is 35.3. The second-order valence-corrected chi connectivity index (χ2v) is 23.9. The Labute approximate surface area is 531 Å². The molecule has 8 atom stereocenters. The fourth-order valence-electron chi connectivity index (χ4n) is 10.3. The lowest BCUT2D eigenvalue weighted by Crippen LogP contribution is -2.61. The Morgan fingerprint density at radius 1 is 0.460 bits per heavy atom. The van der Waals surface area contributed by atoms with E-state index in [0.29, 0.717) is 12.8 Å². The van der Waals surface area contributed by atoms with Gasteiger partial charge in [0, 0.05) is 6.42 Å². The van der Waals surface area contributed by atoms with Gasteiger partial charge < -0.3 is 45.1 Å². The first-order chi connectivity index (χ1) is 42.7. The zero-order valence-electron chi connectivity index (χ0n) is 55.3. The Balaban J connectivity index is 2.59. The maximum Gasteiger partial charge on any atom is 0.306 e. The van der Waals surface area contributed by atoms with Gasteiger partial charge in [0.05, 0.1) is 25.4 Å². The van der Waals surface area contributed by atoms with E-state index in [1.807, 2.05) is 6.08 Å². The van der Waals surface area contributed by atoms with Gasteiger partial charge in [-0.25, -0.2) is 0 Å². The molecule has 1 amide bonds. The quantitative estimate of drug-likeness (QED) is 0.0195. The van der Waals surface area contributed by atoms with Gasteiger partial charge in [0.1, 0.15) is 24.4 Å². The topological polar surface area (TPSA) is 175 Å². The summed E-state index contributed by atoms with van der Waals surface area (Å²) < 4.78 is 17.7. The molecule has 1 saturated heterocycles. The van der Waals surface area contributed by atoms with Crippen LogP contribution in [0.5, 0.6) is 0 Å². The van der Waals surface area contributed by atoms with Crippen molar-refractivity contribution in [2.45, 2.75) is 333 Å². The predicted molar refractivity (Wildman–Crippen MR) is 365 cm³/mol. The second-order valence-electron chi connectivity index (χ2n) is 23.9. The third kappa shape index (κ3) is 49.5. The van der Waals surface area contributed by atoms with Crippen LogP contribution in [0.25, 0.3) is 0 Å². The second kappa shape index (κ2) is 62.3. The largest absolute Gasteiger partial charge is 0.454 e. The average molecular weight is 1220 g/mol. The third-order valence-corrected chi connectivity index (χ3v) is 15.8. The van der Waals surface area contributed by atoms with Crippen molar-refractivity contribution in [2.24, 2.45) is 0 Å². The minimum Gasteiger partial charge on any atom is -0.454 e. The van der Waals surface area contributed by atoms with Crippen LogP contribution in [0.15, 0.2) is 122 Å². The third-order valence-electron chi connectivity index (χ3n) is 15.8. The first-order valence-electron chi connectivity index (χ1n) is 35.3. The molecule has 1 fully saturated rings. The van der Waals surface area contributed by atoms with E-state index < -0.39 is 67.4 Å². The van der Waals surface area contributed by atoms with Crippen LogP contribution in [-0.2, 0) is 23.8 Å². The molecule has 0 bridgehead atoms. The molecule has 6 N–H and O–H groups in total. The van der Waals surface area contributed by atoms with Gasteiger partial charge in [0.2, 0.25) is 5.91 Å². The number of rotatable bonds is 59. The van der Waals surface area contributed by atoms with Gasteiger partial charge in [-0.3, -0.25) is 9.59 Å². The molecule has 0 aliphatic carbocycles. The molecule has 0 aromatic heterocycles. The minimum atomic E-state index is -1.63. The number of amides is 1. The van der Waals surface area contributed by atoms with E-state index in [1.54, 1.807) is 6.08 Å². The molecular formula is C76H129NO10. The highest BCUT2D eigenvalue weighted by molar-refractivity contribution is 5.80. The Morgan fingerprint density at radius 3 is 1.26 bits per heavy atom. The highest BCUT2D eigenvalue weighted by Gasteiger charge is 2.47. The van der Waals surface area contributed by atoms with E-state index in [-0.39, 0.29) is 19.4 Å². The number of hydrogen-bond donors (Lipinski definition) is 6. The van der Waals surface area contributed by atoms with E-state index >= 15 is 0 Å². The number of aliphatic hydroxyl groups is 5. The molecule has 1 rings (SSSR count). The molecule has 0 spiro atoms. The van der Waals surface area contributed by atoms with Crippen LogP contribution in [0.4, 0.5) is 0 Å². The van der Waals surface area contributed by atoms with Gasteiger partial charge in [0.15, 0.2) is 12.4 Å². The normalized spacial score (nSPS) is 19.0. The van der Waals surface area contributed by atoms with Crippen molar-refractivity contribution in [3.63, 3.8) is 0 Å². The van der Waals surface area contributed by atoms with E-state index in [1.165, 1.54) is 96.3 Å². The number of ether oxygens (including phenoxy) is 3. The molecule has 0 saturated carbocycles. The molecule has 8 unspecified atom stereocenters. The number of esters is 1. The molecule has 0 aromatic rings. The summed E-state index contributed by atoms with van der Waals surface area (Å²) in [5, 5.41) is 57.2. The average Bonchev–Trinajstić information content (AvgIpc) is 3.12. The molecule has 498 valence electrons. The molecule has 11 nitrogen and oxygen atoms in total. The molecule has 87 heavy (non-hydrogen) atoms. The van der Waals surface area contributed by atoms with Gasteiger partial charge in [-0.2, -0.15) is 0 Å². The molecule has 0 aromatic carbocycles. The zero-order chi connectivity index (χ0) is 63.1. The summed E-state index contributed by atoms with van der Waals surface area (Å²) in [6, 6.07) is -1.04. The summed E-state index contributed by atoms with van der Waals surface area (Å²) >= 11 is 0. The molecule has 0 radical (unpaired) electrons. The lowest BCUT2D eigenvalue weighted by atomic mass is 9.99. The summed E-state index contributed by atoms with van der Waals surface area (Å²) in [5.41, 5.74) is 0. The van der Waals surface area contributed by atoms with Crippen LogP contribution in [0.1, 0.15) is 284 Å².